The molecule has 0 radical (unpaired) electrons. The third-order valence-corrected chi connectivity index (χ3v) is 4.42. The number of ether oxygens (including phenoxy) is 1. The van der Waals surface area contributed by atoms with Crippen molar-refractivity contribution < 1.29 is 9.53 Å². The molecule has 0 aromatic carbocycles. The summed E-state index contributed by atoms with van der Waals surface area (Å²) < 4.78 is 6.01. The van der Waals surface area contributed by atoms with Crippen molar-refractivity contribution in [3.05, 3.63) is 0 Å². The maximum Gasteiger partial charge on any atom is 0.228 e. The monoisotopic (exact) mass is 238 g/mol. The lowest BCUT2D eigenvalue weighted by Crippen LogP contribution is -2.58. The third-order valence-electron chi connectivity index (χ3n) is 4.42. The highest BCUT2D eigenvalue weighted by molar-refractivity contribution is 5.80. The van der Waals surface area contributed by atoms with Gasteiger partial charge in [-0.15, -0.1) is 0 Å². The molecule has 1 spiro atoms. The minimum atomic E-state index is 0.00331. The summed E-state index contributed by atoms with van der Waals surface area (Å²) in [5.74, 6) is 0.575. The van der Waals surface area contributed by atoms with Gasteiger partial charge in [-0.25, -0.2) is 0 Å². The zero-order chi connectivity index (χ0) is 11.7. The Morgan fingerprint density at radius 2 is 2.06 bits per heavy atom. The molecule has 4 heteroatoms. The molecule has 1 amide bonds. The van der Waals surface area contributed by atoms with Gasteiger partial charge in [0.1, 0.15) is 0 Å². The molecule has 1 N–H and O–H groups in total. The lowest BCUT2D eigenvalue weighted by atomic mass is 9.85. The number of carbonyl (C=O) groups is 1. The number of nitrogens with zero attached hydrogens (tertiary/aromatic N) is 1. The topological polar surface area (TPSA) is 41.6 Å². The van der Waals surface area contributed by atoms with Crippen LogP contribution in [0.5, 0.6) is 0 Å². The van der Waals surface area contributed by atoms with E-state index in [1.807, 2.05) is 0 Å². The van der Waals surface area contributed by atoms with Crippen LogP contribution in [0.15, 0.2) is 0 Å². The summed E-state index contributed by atoms with van der Waals surface area (Å²) >= 11 is 0. The summed E-state index contributed by atoms with van der Waals surface area (Å²) in [6.07, 6.45) is 5.82. The minimum absolute atomic E-state index is 0.00331. The van der Waals surface area contributed by atoms with Crippen molar-refractivity contribution in [3.63, 3.8) is 0 Å². The van der Waals surface area contributed by atoms with Gasteiger partial charge in [-0.3, -0.25) is 4.79 Å². The van der Waals surface area contributed by atoms with Gasteiger partial charge in [0, 0.05) is 32.8 Å². The molecule has 0 bridgehead atoms. The Hall–Kier alpha value is -0.610. The van der Waals surface area contributed by atoms with Gasteiger partial charge in [-0.05, 0) is 32.1 Å². The summed E-state index contributed by atoms with van der Waals surface area (Å²) in [4.78, 5) is 14.3. The lowest BCUT2D eigenvalue weighted by Gasteiger charge is -2.46. The number of hydrogen-bond donors (Lipinski definition) is 1. The Morgan fingerprint density at radius 3 is 2.71 bits per heavy atom. The van der Waals surface area contributed by atoms with Crippen molar-refractivity contribution in [1.82, 2.24) is 10.2 Å². The highest BCUT2D eigenvalue weighted by atomic mass is 16.5. The van der Waals surface area contributed by atoms with Crippen molar-refractivity contribution in [1.29, 1.82) is 0 Å². The average Bonchev–Trinajstić information content (AvgIpc) is 2.28. The summed E-state index contributed by atoms with van der Waals surface area (Å²) in [5, 5.41) is 3.17. The first-order chi connectivity index (χ1) is 8.29. The Kier molecular flexibility index (Phi) is 3.09. The molecular weight excluding hydrogens is 216 g/mol. The van der Waals surface area contributed by atoms with E-state index < -0.39 is 0 Å². The largest absolute Gasteiger partial charge is 0.373 e. The van der Waals surface area contributed by atoms with E-state index in [-0.39, 0.29) is 11.5 Å². The number of hydrogen-bond acceptors (Lipinski definition) is 3. The molecule has 3 saturated heterocycles. The molecule has 3 aliphatic heterocycles. The molecule has 17 heavy (non-hydrogen) atoms. The summed E-state index contributed by atoms with van der Waals surface area (Å²) in [7, 11) is 0. The third kappa shape index (κ3) is 2.20. The zero-order valence-corrected chi connectivity index (χ0v) is 10.4. The van der Waals surface area contributed by atoms with Gasteiger partial charge in [0.25, 0.3) is 0 Å². The highest BCUT2D eigenvalue weighted by Gasteiger charge is 2.41. The maximum absolute atomic E-state index is 12.2. The van der Waals surface area contributed by atoms with Crippen LogP contribution < -0.4 is 5.32 Å². The van der Waals surface area contributed by atoms with E-state index >= 15 is 0 Å². The van der Waals surface area contributed by atoms with Gasteiger partial charge in [0.05, 0.1) is 11.5 Å². The van der Waals surface area contributed by atoms with Gasteiger partial charge in [0.15, 0.2) is 0 Å². The first-order valence-corrected chi connectivity index (χ1v) is 6.93. The molecule has 0 aliphatic carbocycles. The normalized spacial score (nSPS) is 34.7. The molecule has 4 nitrogen and oxygen atoms in total. The molecule has 3 fully saturated rings. The Morgan fingerprint density at radius 1 is 1.24 bits per heavy atom. The standard InChI is InChI=1S/C13H22N2O2/c16-12(11-8-14-9-11)15-6-3-5-13(10-15)4-1-2-7-17-13/h11,14H,1-10H2/t13-/m0/s1. The van der Waals surface area contributed by atoms with Crippen molar-refractivity contribution in [2.45, 2.75) is 37.7 Å². The van der Waals surface area contributed by atoms with Gasteiger partial charge in [-0.1, -0.05) is 0 Å². The molecule has 0 aromatic heterocycles. The van der Waals surface area contributed by atoms with Crippen LogP contribution in [0.25, 0.3) is 0 Å². The van der Waals surface area contributed by atoms with E-state index in [1.165, 1.54) is 12.8 Å². The number of piperidine rings is 1. The van der Waals surface area contributed by atoms with Gasteiger partial charge in [-0.2, -0.15) is 0 Å². The second-order valence-electron chi connectivity index (χ2n) is 5.71. The van der Waals surface area contributed by atoms with Crippen molar-refractivity contribution in [2.24, 2.45) is 5.92 Å². The Labute approximate surface area is 103 Å². The smallest absolute Gasteiger partial charge is 0.228 e. The van der Waals surface area contributed by atoms with Crippen LogP contribution in [0, 0.1) is 5.92 Å². The van der Waals surface area contributed by atoms with E-state index in [4.69, 9.17) is 4.74 Å². The molecule has 0 unspecified atom stereocenters. The Bertz CT molecular complexity index is 290. The fourth-order valence-corrected chi connectivity index (χ4v) is 3.24. The number of rotatable bonds is 1. The van der Waals surface area contributed by atoms with Crippen molar-refractivity contribution in [3.8, 4) is 0 Å². The van der Waals surface area contributed by atoms with Gasteiger partial charge < -0.3 is 15.0 Å². The molecule has 1 atom stereocenters. The molecule has 3 aliphatic rings. The molecule has 96 valence electrons. The maximum atomic E-state index is 12.2. The highest BCUT2D eigenvalue weighted by Crippen LogP contribution is 2.34. The van der Waals surface area contributed by atoms with Crippen LogP contribution in [0.2, 0.25) is 0 Å². The van der Waals surface area contributed by atoms with E-state index in [1.54, 1.807) is 0 Å². The van der Waals surface area contributed by atoms with Crippen LogP contribution in [0.4, 0.5) is 0 Å². The summed E-state index contributed by atoms with van der Waals surface area (Å²) in [6.45, 7) is 4.38. The van der Waals surface area contributed by atoms with Gasteiger partial charge in [0.2, 0.25) is 5.91 Å². The van der Waals surface area contributed by atoms with Crippen LogP contribution >= 0.6 is 0 Å². The minimum Gasteiger partial charge on any atom is -0.373 e. The second kappa shape index (κ2) is 4.58. The SMILES string of the molecule is O=C(C1CNC1)N1CCC[C@@]2(CCCCO2)C1. The predicted molar refractivity (Wildman–Crippen MR) is 64.7 cm³/mol. The summed E-state index contributed by atoms with van der Waals surface area (Å²) in [6, 6.07) is 0. The number of carbonyl (C=O) groups excluding carboxylic acids is 1. The van der Waals surface area contributed by atoms with E-state index in [2.05, 4.69) is 10.2 Å². The fourth-order valence-electron chi connectivity index (χ4n) is 3.24. The molecular formula is C13H22N2O2. The number of amides is 1. The number of nitrogens with one attached hydrogen (secondary N) is 1. The summed E-state index contributed by atoms with van der Waals surface area (Å²) in [5.41, 5.74) is 0.00331. The van der Waals surface area contributed by atoms with E-state index in [0.29, 0.717) is 5.91 Å². The van der Waals surface area contributed by atoms with Crippen LogP contribution in [0.1, 0.15) is 32.1 Å². The zero-order valence-electron chi connectivity index (χ0n) is 10.4. The second-order valence-corrected chi connectivity index (χ2v) is 5.71. The number of likely N-dealkylation sites (tertiary alicyclic amines) is 1. The average molecular weight is 238 g/mol. The Balaban J connectivity index is 1.64. The first-order valence-electron chi connectivity index (χ1n) is 6.93. The first kappa shape index (κ1) is 11.5. The molecule has 3 heterocycles. The fraction of sp³-hybridized carbons (Fsp3) is 0.923. The quantitative estimate of drug-likeness (QED) is 0.733. The molecule has 3 rings (SSSR count). The van der Waals surface area contributed by atoms with E-state index in [9.17, 15) is 4.79 Å². The van der Waals surface area contributed by atoms with Crippen LogP contribution in [-0.2, 0) is 9.53 Å². The molecule has 0 saturated carbocycles. The van der Waals surface area contributed by atoms with Gasteiger partial charge >= 0.3 is 0 Å². The van der Waals surface area contributed by atoms with Crippen molar-refractivity contribution in [2.75, 3.05) is 32.8 Å². The molecule has 0 aromatic rings. The van der Waals surface area contributed by atoms with E-state index in [0.717, 1.165) is 52.0 Å². The van der Waals surface area contributed by atoms with Crippen LogP contribution in [0.3, 0.4) is 0 Å². The lowest BCUT2D eigenvalue weighted by molar-refractivity contribution is -0.153. The van der Waals surface area contributed by atoms with Crippen LogP contribution in [-0.4, -0.2) is 49.2 Å². The predicted octanol–water partition coefficient (Wildman–Crippen LogP) is 0.767. The van der Waals surface area contributed by atoms with Crippen molar-refractivity contribution >= 4 is 5.91 Å².